The van der Waals surface area contributed by atoms with Crippen LogP contribution >= 0.6 is 15.9 Å². The van der Waals surface area contributed by atoms with Crippen molar-refractivity contribution in [1.29, 1.82) is 0 Å². The van der Waals surface area contributed by atoms with Crippen molar-refractivity contribution in [3.8, 4) is 5.75 Å². The maximum atomic E-state index is 9.73. The topological polar surface area (TPSA) is 42.4 Å². The van der Waals surface area contributed by atoms with Crippen LogP contribution in [0.15, 0.2) is 47.1 Å². The van der Waals surface area contributed by atoms with Crippen LogP contribution in [0, 0.1) is 0 Å². The van der Waals surface area contributed by atoms with Gasteiger partial charge < -0.3 is 9.84 Å². The van der Waals surface area contributed by atoms with Crippen LogP contribution in [-0.2, 0) is 6.42 Å². The lowest BCUT2D eigenvalue weighted by Gasteiger charge is -2.13. The third-order valence-corrected chi connectivity index (χ3v) is 3.26. The molecule has 1 heterocycles. The smallest absolute Gasteiger partial charge is 0.125 e. The monoisotopic (exact) mass is 321 g/mol. The van der Waals surface area contributed by atoms with E-state index >= 15 is 0 Å². The zero-order valence-corrected chi connectivity index (χ0v) is 12.3. The van der Waals surface area contributed by atoms with Gasteiger partial charge >= 0.3 is 0 Å². The molecule has 100 valence electrons. The molecule has 0 fully saturated rings. The summed E-state index contributed by atoms with van der Waals surface area (Å²) in [6.07, 6.45) is 1.97. The molecule has 0 saturated carbocycles. The summed E-state index contributed by atoms with van der Waals surface area (Å²) in [6.45, 7) is 2.27. The first-order chi connectivity index (χ1) is 9.16. The van der Waals surface area contributed by atoms with E-state index in [1.165, 1.54) is 0 Å². The highest BCUT2D eigenvalue weighted by atomic mass is 79.9. The Morgan fingerprint density at radius 3 is 2.84 bits per heavy atom. The Labute approximate surface area is 121 Å². The lowest BCUT2D eigenvalue weighted by atomic mass is 10.1. The van der Waals surface area contributed by atoms with Gasteiger partial charge in [-0.05, 0) is 37.3 Å². The van der Waals surface area contributed by atoms with Crippen molar-refractivity contribution in [3.63, 3.8) is 0 Å². The first-order valence-corrected chi connectivity index (χ1v) is 6.96. The molecule has 0 aliphatic rings. The number of rotatable bonds is 5. The second kappa shape index (κ2) is 6.68. The summed E-state index contributed by atoms with van der Waals surface area (Å²) in [5.41, 5.74) is 1.79. The zero-order chi connectivity index (χ0) is 13.7. The van der Waals surface area contributed by atoms with Crippen LogP contribution in [0.25, 0.3) is 0 Å². The standard InChI is InChI=1S/C15H16BrNO2/c1-11(18)14-10-12(16)5-6-15(14)19-9-7-13-4-2-3-8-17-13/h2-6,8,10-11,18H,7,9H2,1H3/t11-/m0/s1. The molecule has 2 rings (SSSR count). The fraction of sp³-hybridized carbons (Fsp3) is 0.267. The first kappa shape index (κ1) is 14.0. The number of benzene rings is 1. The van der Waals surface area contributed by atoms with Gasteiger partial charge in [0, 0.05) is 28.3 Å². The molecule has 3 nitrogen and oxygen atoms in total. The lowest BCUT2D eigenvalue weighted by Crippen LogP contribution is -2.05. The molecule has 0 aliphatic heterocycles. The number of ether oxygens (including phenoxy) is 1. The van der Waals surface area contributed by atoms with Crippen molar-refractivity contribution < 1.29 is 9.84 Å². The second-order valence-corrected chi connectivity index (χ2v) is 5.19. The Hall–Kier alpha value is -1.39. The molecule has 0 saturated heterocycles. The molecule has 0 unspecified atom stereocenters. The average molecular weight is 322 g/mol. The predicted octanol–water partition coefficient (Wildman–Crippen LogP) is 3.52. The fourth-order valence-electron chi connectivity index (χ4n) is 1.79. The van der Waals surface area contributed by atoms with Crippen LogP contribution in [0.2, 0.25) is 0 Å². The van der Waals surface area contributed by atoms with Crippen molar-refractivity contribution in [1.82, 2.24) is 4.98 Å². The average Bonchev–Trinajstić information content (AvgIpc) is 2.41. The van der Waals surface area contributed by atoms with Gasteiger partial charge in [0.1, 0.15) is 5.75 Å². The summed E-state index contributed by atoms with van der Waals surface area (Å²) in [5, 5.41) is 9.73. The summed E-state index contributed by atoms with van der Waals surface area (Å²) >= 11 is 3.39. The predicted molar refractivity (Wildman–Crippen MR) is 78.2 cm³/mol. The van der Waals surface area contributed by atoms with Crippen molar-refractivity contribution >= 4 is 15.9 Å². The molecule has 0 radical (unpaired) electrons. The van der Waals surface area contributed by atoms with E-state index in [-0.39, 0.29) is 0 Å². The van der Waals surface area contributed by atoms with E-state index in [1.807, 2.05) is 36.4 Å². The number of halogens is 1. The molecule has 1 atom stereocenters. The van der Waals surface area contributed by atoms with Gasteiger partial charge in [-0.1, -0.05) is 22.0 Å². The van der Waals surface area contributed by atoms with E-state index in [4.69, 9.17) is 4.74 Å². The maximum absolute atomic E-state index is 9.73. The van der Waals surface area contributed by atoms with Gasteiger partial charge in [0.2, 0.25) is 0 Å². The van der Waals surface area contributed by atoms with Crippen LogP contribution in [0.3, 0.4) is 0 Å². The van der Waals surface area contributed by atoms with Gasteiger partial charge in [-0.25, -0.2) is 0 Å². The fourth-order valence-corrected chi connectivity index (χ4v) is 2.17. The molecular formula is C15H16BrNO2. The van der Waals surface area contributed by atoms with E-state index in [0.29, 0.717) is 12.4 Å². The van der Waals surface area contributed by atoms with Crippen molar-refractivity contribution in [2.45, 2.75) is 19.4 Å². The largest absolute Gasteiger partial charge is 0.493 e. The molecule has 2 aromatic rings. The summed E-state index contributed by atoms with van der Waals surface area (Å²) < 4.78 is 6.67. The van der Waals surface area contributed by atoms with Gasteiger partial charge in [-0.3, -0.25) is 4.98 Å². The molecule has 0 amide bonds. The van der Waals surface area contributed by atoms with Crippen molar-refractivity contribution in [3.05, 3.63) is 58.3 Å². The zero-order valence-electron chi connectivity index (χ0n) is 10.7. The SMILES string of the molecule is C[C@H](O)c1cc(Br)ccc1OCCc1ccccn1. The van der Waals surface area contributed by atoms with E-state index in [0.717, 1.165) is 22.2 Å². The Bertz CT molecular complexity index is 529. The van der Waals surface area contributed by atoms with Crippen molar-refractivity contribution in [2.75, 3.05) is 6.61 Å². The third kappa shape index (κ3) is 4.04. The van der Waals surface area contributed by atoms with Gasteiger partial charge in [-0.2, -0.15) is 0 Å². The van der Waals surface area contributed by atoms with Crippen LogP contribution in [-0.4, -0.2) is 16.7 Å². The molecule has 0 spiro atoms. The molecule has 0 aliphatic carbocycles. The summed E-state index contributed by atoms with van der Waals surface area (Å²) in [6, 6.07) is 11.5. The highest BCUT2D eigenvalue weighted by molar-refractivity contribution is 9.10. The number of hydrogen-bond donors (Lipinski definition) is 1. The summed E-state index contributed by atoms with van der Waals surface area (Å²) in [4.78, 5) is 4.24. The summed E-state index contributed by atoms with van der Waals surface area (Å²) in [5.74, 6) is 0.717. The number of hydrogen-bond acceptors (Lipinski definition) is 3. The Morgan fingerprint density at radius 1 is 1.32 bits per heavy atom. The minimum atomic E-state index is -0.553. The first-order valence-electron chi connectivity index (χ1n) is 6.17. The highest BCUT2D eigenvalue weighted by Gasteiger charge is 2.09. The highest BCUT2D eigenvalue weighted by Crippen LogP contribution is 2.28. The molecule has 1 aromatic carbocycles. The Morgan fingerprint density at radius 2 is 2.16 bits per heavy atom. The molecule has 19 heavy (non-hydrogen) atoms. The minimum absolute atomic E-state index is 0.540. The van der Waals surface area contributed by atoms with Crippen LogP contribution in [0.4, 0.5) is 0 Å². The number of aliphatic hydroxyl groups excluding tert-OH is 1. The van der Waals surface area contributed by atoms with E-state index in [1.54, 1.807) is 13.1 Å². The molecule has 0 bridgehead atoms. The Balaban J connectivity index is 2.00. The van der Waals surface area contributed by atoms with Crippen LogP contribution < -0.4 is 4.74 Å². The number of pyridine rings is 1. The number of nitrogens with zero attached hydrogens (tertiary/aromatic N) is 1. The lowest BCUT2D eigenvalue weighted by molar-refractivity contribution is 0.191. The van der Waals surface area contributed by atoms with E-state index in [9.17, 15) is 5.11 Å². The van der Waals surface area contributed by atoms with Gasteiger partial charge in [0.05, 0.1) is 12.7 Å². The van der Waals surface area contributed by atoms with Crippen molar-refractivity contribution in [2.24, 2.45) is 0 Å². The van der Waals surface area contributed by atoms with Crippen LogP contribution in [0.1, 0.15) is 24.3 Å². The van der Waals surface area contributed by atoms with Crippen LogP contribution in [0.5, 0.6) is 5.75 Å². The number of aliphatic hydroxyl groups is 1. The molecule has 4 heteroatoms. The van der Waals surface area contributed by atoms with E-state index < -0.39 is 6.10 Å². The molecule has 1 aromatic heterocycles. The summed E-state index contributed by atoms with van der Waals surface area (Å²) in [7, 11) is 0. The minimum Gasteiger partial charge on any atom is -0.493 e. The second-order valence-electron chi connectivity index (χ2n) is 4.28. The molecule has 1 N–H and O–H groups in total. The van der Waals surface area contributed by atoms with Gasteiger partial charge in [0.15, 0.2) is 0 Å². The number of aromatic nitrogens is 1. The van der Waals surface area contributed by atoms with Gasteiger partial charge in [0.25, 0.3) is 0 Å². The van der Waals surface area contributed by atoms with E-state index in [2.05, 4.69) is 20.9 Å². The molecular weight excluding hydrogens is 306 g/mol. The Kier molecular flexibility index (Phi) is 4.93. The van der Waals surface area contributed by atoms with Gasteiger partial charge in [-0.15, -0.1) is 0 Å². The third-order valence-electron chi connectivity index (χ3n) is 2.76. The normalized spacial score (nSPS) is 12.2. The quantitative estimate of drug-likeness (QED) is 0.916. The maximum Gasteiger partial charge on any atom is 0.125 e.